The van der Waals surface area contributed by atoms with Gasteiger partial charge < -0.3 is 10.6 Å². The third-order valence-electron chi connectivity index (χ3n) is 3.98. The average molecular weight is 399 g/mol. The molecule has 0 radical (unpaired) electrons. The number of thiophene rings is 1. The van der Waals surface area contributed by atoms with Crippen LogP contribution in [0.3, 0.4) is 0 Å². The normalized spacial score (nSPS) is 11.4. The second-order valence-electron chi connectivity index (χ2n) is 6.65. The molecule has 138 valence electrons. The van der Waals surface area contributed by atoms with E-state index in [1.54, 1.807) is 35.6 Å². The Kier molecular flexibility index (Phi) is 4.67. The van der Waals surface area contributed by atoms with Crippen molar-refractivity contribution in [3.05, 3.63) is 46.8 Å². The van der Waals surface area contributed by atoms with E-state index in [1.807, 2.05) is 35.9 Å². The van der Waals surface area contributed by atoms with Gasteiger partial charge in [-0.1, -0.05) is 13.8 Å². The number of nitrogens with one attached hydrogen (secondary N) is 2. The minimum Gasteiger partial charge on any atom is -0.326 e. The number of hydrogen-bond acceptors (Lipinski definition) is 5. The van der Waals surface area contributed by atoms with E-state index in [9.17, 15) is 9.59 Å². The zero-order chi connectivity index (χ0) is 19.0. The summed E-state index contributed by atoms with van der Waals surface area (Å²) in [6.45, 7) is 4.01. The summed E-state index contributed by atoms with van der Waals surface area (Å²) in [5, 5.41) is 7.72. The van der Waals surface area contributed by atoms with Crippen molar-refractivity contribution in [1.29, 1.82) is 0 Å². The summed E-state index contributed by atoms with van der Waals surface area (Å²) in [5.74, 6) is 0.133. The van der Waals surface area contributed by atoms with Crippen molar-refractivity contribution in [3.63, 3.8) is 0 Å². The maximum Gasteiger partial charge on any atom is 0.265 e. The maximum atomic E-state index is 12.5. The second kappa shape index (κ2) is 7.13. The molecule has 4 rings (SSSR count). The molecule has 8 heteroatoms. The van der Waals surface area contributed by atoms with Crippen LogP contribution in [-0.2, 0) is 4.79 Å². The number of carbonyl (C=O) groups excluding carboxylic acids is 2. The van der Waals surface area contributed by atoms with Gasteiger partial charge in [0.25, 0.3) is 5.91 Å². The van der Waals surface area contributed by atoms with Gasteiger partial charge in [0.05, 0.1) is 10.4 Å². The van der Waals surface area contributed by atoms with Gasteiger partial charge in [0.2, 0.25) is 5.91 Å². The molecule has 3 heterocycles. The van der Waals surface area contributed by atoms with Gasteiger partial charge in [-0.15, -0.1) is 22.7 Å². The highest BCUT2D eigenvalue weighted by Gasteiger charge is 2.15. The number of aromatic nitrogens is 2. The smallest absolute Gasteiger partial charge is 0.265 e. The molecular formula is C19H18N4O2S2. The topological polar surface area (TPSA) is 75.5 Å². The van der Waals surface area contributed by atoms with Gasteiger partial charge in [-0.05, 0) is 36.2 Å². The predicted octanol–water partition coefficient (Wildman–Crippen LogP) is 4.85. The highest BCUT2D eigenvalue weighted by molar-refractivity contribution is 7.21. The van der Waals surface area contributed by atoms with Gasteiger partial charge in [-0.3, -0.25) is 14.0 Å². The number of imidazole rings is 1. The van der Waals surface area contributed by atoms with E-state index in [-0.39, 0.29) is 11.8 Å². The summed E-state index contributed by atoms with van der Waals surface area (Å²) in [7, 11) is 0. The SMILES string of the molecule is CC(C)CC(=O)Nc1ccc(NC(=O)c2cc3c(nc4sccn43)s2)cc1. The average Bonchev–Trinajstić information content (AvgIpc) is 3.27. The van der Waals surface area contributed by atoms with Crippen LogP contribution in [-0.4, -0.2) is 21.2 Å². The van der Waals surface area contributed by atoms with Gasteiger partial charge in [-0.2, -0.15) is 0 Å². The van der Waals surface area contributed by atoms with Gasteiger partial charge in [0, 0.05) is 29.4 Å². The molecule has 0 aliphatic carbocycles. The molecule has 27 heavy (non-hydrogen) atoms. The summed E-state index contributed by atoms with van der Waals surface area (Å²) < 4.78 is 1.99. The largest absolute Gasteiger partial charge is 0.326 e. The molecule has 0 fully saturated rings. The molecule has 1 aromatic carbocycles. The molecule has 2 amide bonds. The van der Waals surface area contributed by atoms with Crippen molar-refractivity contribution in [2.75, 3.05) is 10.6 Å². The van der Waals surface area contributed by atoms with Crippen molar-refractivity contribution >= 4 is 61.2 Å². The fourth-order valence-electron chi connectivity index (χ4n) is 2.77. The van der Waals surface area contributed by atoms with Crippen LogP contribution in [0.25, 0.3) is 15.3 Å². The van der Waals surface area contributed by atoms with Crippen LogP contribution in [0.5, 0.6) is 0 Å². The van der Waals surface area contributed by atoms with Gasteiger partial charge in [0.15, 0.2) is 4.96 Å². The molecule has 3 aromatic heterocycles. The fraction of sp³-hybridized carbons (Fsp3) is 0.211. The number of rotatable bonds is 5. The summed E-state index contributed by atoms with van der Waals surface area (Å²) in [6, 6.07) is 8.99. The Hall–Kier alpha value is -2.71. The van der Waals surface area contributed by atoms with Crippen LogP contribution < -0.4 is 10.6 Å². The summed E-state index contributed by atoms with van der Waals surface area (Å²) in [6.07, 6.45) is 2.44. The molecule has 0 bridgehead atoms. The van der Waals surface area contributed by atoms with E-state index in [0.29, 0.717) is 28.6 Å². The highest BCUT2D eigenvalue weighted by atomic mass is 32.1. The Morgan fingerprint density at radius 1 is 1.15 bits per heavy atom. The molecule has 0 aliphatic heterocycles. The van der Waals surface area contributed by atoms with E-state index >= 15 is 0 Å². The van der Waals surface area contributed by atoms with E-state index in [4.69, 9.17) is 0 Å². The lowest BCUT2D eigenvalue weighted by molar-refractivity contribution is -0.116. The summed E-state index contributed by atoms with van der Waals surface area (Å²) >= 11 is 2.95. The lowest BCUT2D eigenvalue weighted by Crippen LogP contribution is -2.14. The first-order chi connectivity index (χ1) is 13.0. The Balaban J connectivity index is 1.44. The molecular weight excluding hydrogens is 380 g/mol. The number of benzene rings is 1. The lowest BCUT2D eigenvalue weighted by atomic mass is 10.1. The monoisotopic (exact) mass is 398 g/mol. The van der Waals surface area contributed by atoms with Crippen molar-refractivity contribution in [3.8, 4) is 0 Å². The molecule has 0 spiro atoms. The molecule has 0 saturated heterocycles. The van der Waals surface area contributed by atoms with Crippen LogP contribution in [0.4, 0.5) is 11.4 Å². The number of thiazole rings is 1. The number of fused-ring (bicyclic) bond motifs is 3. The number of amides is 2. The summed E-state index contributed by atoms with van der Waals surface area (Å²) in [5.41, 5.74) is 2.34. The zero-order valence-electron chi connectivity index (χ0n) is 14.9. The number of anilines is 2. The molecule has 0 saturated carbocycles. The number of carbonyl (C=O) groups is 2. The van der Waals surface area contributed by atoms with E-state index in [0.717, 1.165) is 15.3 Å². The quantitative estimate of drug-likeness (QED) is 0.505. The Morgan fingerprint density at radius 2 is 1.85 bits per heavy atom. The van der Waals surface area contributed by atoms with Crippen molar-refractivity contribution < 1.29 is 9.59 Å². The molecule has 4 aromatic rings. The number of hydrogen-bond donors (Lipinski definition) is 2. The second-order valence-corrected chi connectivity index (χ2v) is 8.55. The fourth-order valence-corrected chi connectivity index (χ4v) is 4.47. The van der Waals surface area contributed by atoms with Crippen molar-refractivity contribution in [2.45, 2.75) is 20.3 Å². The molecule has 0 aliphatic rings. The lowest BCUT2D eigenvalue weighted by Gasteiger charge is -2.08. The molecule has 6 nitrogen and oxygen atoms in total. The zero-order valence-corrected chi connectivity index (χ0v) is 16.5. The predicted molar refractivity (Wildman–Crippen MR) is 111 cm³/mol. The minimum atomic E-state index is -0.168. The molecule has 2 N–H and O–H groups in total. The Labute approximate surface area is 163 Å². The first-order valence-electron chi connectivity index (χ1n) is 8.56. The Bertz CT molecular complexity index is 1120. The minimum absolute atomic E-state index is 0.0102. The van der Waals surface area contributed by atoms with Crippen LogP contribution in [0, 0.1) is 5.92 Å². The van der Waals surface area contributed by atoms with Crippen molar-refractivity contribution in [2.24, 2.45) is 5.92 Å². The maximum absolute atomic E-state index is 12.5. The van der Waals surface area contributed by atoms with Gasteiger partial charge in [0.1, 0.15) is 4.83 Å². The third kappa shape index (κ3) is 3.72. The van der Waals surface area contributed by atoms with E-state index in [2.05, 4.69) is 15.6 Å². The van der Waals surface area contributed by atoms with Crippen LogP contribution >= 0.6 is 22.7 Å². The van der Waals surface area contributed by atoms with E-state index in [1.165, 1.54) is 11.3 Å². The third-order valence-corrected chi connectivity index (χ3v) is 5.76. The number of nitrogens with zero attached hydrogens (tertiary/aromatic N) is 2. The van der Waals surface area contributed by atoms with Crippen LogP contribution in [0.1, 0.15) is 29.9 Å². The standard InChI is InChI=1S/C19H18N4O2S2/c1-11(2)9-16(24)20-12-3-5-13(6-4-12)21-17(25)15-10-14-18(27-15)22-19-23(14)7-8-26-19/h3-8,10-11H,9H2,1-2H3,(H,20,24)(H,21,25). The summed E-state index contributed by atoms with van der Waals surface area (Å²) in [4.78, 5) is 31.3. The van der Waals surface area contributed by atoms with E-state index < -0.39 is 0 Å². The van der Waals surface area contributed by atoms with Crippen LogP contribution in [0.15, 0.2) is 41.9 Å². The first kappa shape index (κ1) is 17.7. The Morgan fingerprint density at radius 3 is 2.56 bits per heavy atom. The molecule has 0 atom stereocenters. The van der Waals surface area contributed by atoms with Gasteiger partial charge in [-0.25, -0.2) is 4.98 Å². The van der Waals surface area contributed by atoms with Crippen LogP contribution in [0.2, 0.25) is 0 Å². The molecule has 0 unspecified atom stereocenters. The van der Waals surface area contributed by atoms with Crippen molar-refractivity contribution in [1.82, 2.24) is 9.38 Å². The van der Waals surface area contributed by atoms with Gasteiger partial charge >= 0.3 is 0 Å². The highest BCUT2D eigenvalue weighted by Crippen LogP contribution is 2.28. The first-order valence-corrected chi connectivity index (χ1v) is 10.3.